The standard InChI is InChI=1S/C25H32F3N.C2H3N/c1-18(2)29(16-15-20-7-5-4-6-8-20)19(3)9-10-21-11-13-22(14-12-21)23-17-24(23)25(26,27)28;1-2-3/h4-8,11-14,18-19,23-24H,9-10,15-17H2,1-3H3;1H3. The fourth-order valence-corrected chi connectivity index (χ4v) is 4.29. The molecular weight excluding hydrogens is 409 g/mol. The van der Waals surface area contributed by atoms with E-state index in [2.05, 4.69) is 49.9 Å². The van der Waals surface area contributed by atoms with Gasteiger partial charge >= 0.3 is 6.18 Å². The SMILES string of the molecule is CC#N.CC(C)N(CCc1ccccc1)C(C)CCc1ccc(C2CC2C(F)(F)F)cc1. The van der Waals surface area contributed by atoms with Gasteiger partial charge in [-0.05, 0) is 69.1 Å². The minimum Gasteiger partial charge on any atom is -0.298 e. The lowest BCUT2D eigenvalue weighted by Gasteiger charge is -2.33. The predicted octanol–water partition coefficient (Wildman–Crippen LogP) is 7.16. The van der Waals surface area contributed by atoms with Crippen molar-refractivity contribution in [3.8, 4) is 6.07 Å². The summed E-state index contributed by atoms with van der Waals surface area (Å²) in [6, 6.07) is 21.1. The second kappa shape index (κ2) is 12.1. The Bertz CT molecular complexity index is 838. The Kier molecular flexibility index (Phi) is 9.78. The van der Waals surface area contributed by atoms with E-state index < -0.39 is 12.1 Å². The lowest BCUT2D eigenvalue weighted by Crippen LogP contribution is -2.40. The second-order valence-corrected chi connectivity index (χ2v) is 8.91. The Morgan fingerprint density at radius 2 is 1.53 bits per heavy atom. The maximum absolute atomic E-state index is 12.8. The number of nitriles is 1. The molecule has 2 aromatic carbocycles. The van der Waals surface area contributed by atoms with E-state index in [-0.39, 0.29) is 12.3 Å². The minimum atomic E-state index is -4.06. The van der Waals surface area contributed by atoms with Gasteiger partial charge in [-0.2, -0.15) is 18.4 Å². The van der Waals surface area contributed by atoms with Crippen LogP contribution in [0.5, 0.6) is 0 Å². The van der Waals surface area contributed by atoms with Gasteiger partial charge in [0.05, 0.1) is 12.0 Å². The third-order valence-electron chi connectivity index (χ3n) is 6.20. The summed E-state index contributed by atoms with van der Waals surface area (Å²) >= 11 is 0. The van der Waals surface area contributed by atoms with Crippen LogP contribution in [-0.2, 0) is 12.8 Å². The highest BCUT2D eigenvalue weighted by Crippen LogP contribution is 2.56. The Hall–Kier alpha value is -2.32. The van der Waals surface area contributed by atoms with E-state index >= 15 is 0 Å². The summed E-state index contributed by atoms with van der Waals surface area (Å²) in [5.74, 6) is -1.48. The highest BCUT2D eigenvalue weighted by atomic mass is 19.4. The van der Waals surface area contributed by atoms with Gasteiger partial charge in [0.25, 0.3) is 0 Å². The summed E-state index contributed by atoms with van der Waals surface area (Å²) in [4.78, 5) is 2.54. The zero-order chi connectivity index (χ0) is 23.7. The van der Waals surface area contributed by atoms with Gasteiger partial charge in [0, 0.05) is 25.6 Å². The van der Waals surface area contributed by atoms with Crippen molar-refractivity contribution in [1.29, 1.82) is 5.26 Å². The van der Waals surface area contributed by atoms with Gasteiger partial charge < -0.3 is 0 Å². The van der Waals surface area contributed by atoms with Gasteiger partial charge in [-0.15, -0.1) is 0 Å². The van der Waals surface area contributed by atoms with E-state index in [1.807, 2.05) is 30.3 Å². The largest absolute Gasteiger partial charge is 0.392 e. The van der Waals surface area contributed by atoms with Crippen LogP contribution in [0, 0.1) is 17.2 Å². The number of hydrogen-bond donors (Lipinski definition) is 0. The molecule has 0 N–H and O–H groups in total. The summed E-state index contributed by atoms with van der Waals surface area (Å²) < 4.78 is 38.3. The first kappa shape index (κ1) is 25.9. The van der Waals surface area contributed by atoms with E-state index in [0.29, 0.717) is 12.1 Å². The Morgan fingerprint density at radius 1 is 0.969 bits per heavy atom. The molecule has 1 aliphatic rings. The van der Waals surface area contributed by atoms with Crippen molar-refractivity contribution in [3.63, 3.8) is 0 Å². The van der Waals surface area contributed by atoms with E-state index in [9.17, 15) is 13.2 Å². The first-order valence-electron chi connectivity index (χ1n) is 11.4. The van der Waals surface area contributed by atoms with Crippen LogP contribution in [0.15, 0.2) is 54.6 Å². The van der Waals surface area contributed by atoms with Crippen LogP contribution < -0.4 is 0 Å². The van der Waals surface area contributed by atoms with Crippen molar-refractivity contribution < 1.29 is 13.2 Å². The van der Waals surface area contributed by atoms with Crippen molar-refractivity contribution in [2.45, 2.75) is 77.6 Å². The molecule has 1 fully saturated rings. The van der Waals surface area contributed by atoms with Crippen LogP contribution in [0.1, 0.15) is 63.1 Å². The topological polar surface area (TPSA) is 27.0 Å². The van der Waals surface area contributed by atoms with Crippen molar-refractivity contribution >= 4 is 0 Å². The molecule has 3 rings (SSSR count). The lowest BCUT2D eigenvalue weighted by molar-refractivity contribution is -0.148. The van der Waals surface area contributed by atoms with Crippen molar-refractivity contribution in [2.24, 2.45) is 5.92 Å². The normalized spacial score (nSPS) is 18.6. The fraction of sp³-hybridized carbons (Fsp3) is 0.519. The zero-order valence-corrected chi connectivity index (χ0v) is 19.6. The van der Waals surface area contributed by atoms with Crippen molar-refractivity contribution in [2.75, 3.05) is 6.54 Å². The summed E-state index contributed by atoms with van der Waals surface area (Å²) in [6.45, 7) is 9.21. The first-order chi connectivity index (χ1) is 15.2. The van der Waals surface area contributed by atoms with Crippen molar-refractivity contribution in [3.05, 3.63) is 71.3 Å². The minimum absolute atomic E-state index is 0.241. The molecule has 0 radical (unpaired) electrons. The Morgan fingerprint density at radius 3 is 2.03 bits per heavy atom. The van der Waals surface area contributed by atoms with Gasteiger partial charge in [0.2, 0.25) is 0 Å². The van der Waals surface area contributed by atoms with Crippen LogP contribution in [0.3, 0.4) is 0 Å². The van der Waals surface area contributed by atoms with Gasteiger partial charge in [-0.25, -0.2) is 0 Å². The van der Waals surface area contributed by atoms with E-state index in [1.165, 1.54) is 18.1 Å². The average molecular weight is 445 g/mol. The second-order valence-electron chi connectivity index (χ2n) is 8.91. The van der Waals surface area contributed by atoms with E-state index in [4.69, 9.17) is 5.26 Å². The summed E-state index contributed by atoms with van der Waals surface area (Å²) in [7, 11) is 0. The van der Waals surface area contributed by atoms with Crippen LogP contribution >= 0.6 is 0 Å². The molecule has 0 aliphatic heterocycles. The highest BCUT2D eigenvalue weighted by Gasteiger charge is 2.55. The smallest absolute Gasteiger partial charge is 0.298 e. The molecule has 32 heavy (non-hydrogen) atoms. The molecule has 5 heteroatoms. The molecule has 0 bridgehead atoms. The molecule has 3 unspecified atom stereocenters. The lowest BCUT2D eigenvalue weighted by atomic mass is 10.0. The van der Waals surface area contributed by atoms with E-state index in [0.717, 1.165) is 31.4 Å². The number of benzene rings is 2. The zero-order valence-electron chi connectivity index (χ0n) is 19.6. The quantitative estimate of drug-likeness (QED) is 0.410. The highest BCUT2D eigenvalue weighted by molar-refractivity contribution is 5.30. The summed E-state index contributed by atoms with van der Waals surface area (Å²) in [5.41, 5.74) is 3.39. The third-order valence-corrected chi connectivity index (χ3v) is 6.20. The molecule has 0 aromatic heterocycles. The molecule has 0 amide bonds. The maximum Gasteiger partial charge on any atom is 0.392 e. The average Bonchev–Trinajstić information content (AvgIpc) is 3.55. The molecule has 2 nitrogen and oxygen atoms in total. The number of rotatable bonds is 9. The Balaban J connectivity index is 0.00000114. The molecule has 0 heterocycles. The molecule has 0 saturated heterocycles. The molecule has 174 valence electrons. The monoisotopic (exact) mass is 444 g/mol. The van der Waals surface area contributed by atoms with Gasteiger partial charge in [-0.3, -0.25) is 4.90 Å². The maximum atomic E-state index is 12.8. The molecule has 1 saturated carbocycles. The predicted molar refractivity (Wildman–Crippen MR) is 124 cm³/mol. The number of aryl methyl sites for hydroxylation is 1. The third kappa shape index (κ3) is 7.98. The van der Waals surface area contributed by atoms with Crippen LogP contribution in [0.2, 0.25) is 0 Å². The number of halogens is 3. The molecule has 3 atom stereocenters. The summed E-state index contributed by atoms with van der Waals surface area (Å²) in [6.07, 6.45) is -0.784. The van der Waals surface area contributed by atoms with Gasteiger partial charge in [0.15, 0.2) is 0 Å². The van der Waals surface area contributed by atoms with Crippen molar-refractivity contribution in [1.82, 2.24) is 4.90 Å². The molecule has 2 aromatic rings. The van der Waals surface area contributed by atoms with Gasteiger partial charge in [-0.1, -0.05) is 54.6 Å². The number of hydrogen-bond acceptors (Lipinski definition) is 2. The van der Waals surface area contributed by atoms with Crippen LogP contribution in [0.25, 0.3) is 0 Å². The first-order valence-corrected chi connectivity index (χ1v) is 11.4. The van der Waals surface area contributed by atoms with Crippen LogP contribution in [-0.4, -0.2) is 29.7 Å². The van der Waals surface area contributed by atoms with Crippen LogP contribution in [0.4, 0.5) is 13.2 Å². The summed E-state index contributed by atoms with van der Waals surface area (Å²) in [5, 5.41) is 7.32. The van der Waals surface area contributed by atoms with E-state index in [1.54, 1.807) is 6.07 Å². The Labute approximate surface area is 191 Å². The van der Waals surface area contributed by atoms with Gasteiger partial charge in [0.1, 0.15) is 0 Å². The molecular formula is C27H35F3N2. The number of alkyl halides is 3. The number of nitrogens with zero attached hydrogens (tertiary/aromatic N) is 2. The molecule has 1 aliphatic carbocycles. The molecule has 0 spiro atoms. The fourth-order valence-electron chi connectivity index (χ4n) is 4.29.